The molecule has 0 aliphatic heterocycles. The Labute approximate surface area is 178 Å². The van der Waals surface area contributed by atoms with Crippen LogP contribution in [-0.4, -0.2) is 21.0 Å². The van der Waals surface area contributed by atoms with Gasteiger partial charge in [-0.3, -0.25) is 4.79 Å². The van der Waals surface area contributed by atoms with Crippen LogP contribution in [0.4, 0.5) is 8.78 Å². The van der Waals surface area contributed by atoms with Gasteiger partial charge in [0, 0.05) is 22.8 Å². The van der Waals surface area contributed by atoms with Crippen molar-refractivity contribution in [2.24, 2.45) is 0 Å². The molecule has 0 unspecified atom stereocenters. The van der Waals surface area contributed by atoms with Crippen LogP contribution in [0.25, 0.3) is 33.3 Å². The third-order valence-electron chi connectivity index (χ3n) is 4.66. The zero-order valence-corrected chi connectivity index (χ0v) is 16.2. The van der Waals surface area contributed by atoms with Crippen molar-refractivity contribution in [1.82, 2.24) is 9.97 Å². The summed E-state index contributed by atoms with van der Waals surface area (Å²) in [5.74, 6) is -3.50. The third-order valence-corrected chi connectivity index (χ3v) is 4.99. The molecule has 0 saturated heterocycles. The highest BCUT2D eigenvalue weighted by Crippen LogP contribution is 2.32. The van der Waals surface area contributed by atoms with Gasteiger partial charge in [0.1, 0.15) is 17.3 Å². The van der Waals surface area contributed by atoms with Crippen molar-refractivity contribution >= 4 is 28.5 Å². The summed E-state index contributed by atoms with van der Waals surface area (Å²) in [7, 11) is 0. The molecule has 9 heteroatoms. The predicted octanol–water partition coefficient (Wildman–Crippen LogP) is 4.76. The first-order chi connectivity index (χ1) is 14.8. The Balaban J connectivity index is 1.97. The first-order valence-electron chi connectivity index (χ1n) is 8.75. The van der Waals surface area contributed by atoms with Crippen molar-refractivity contribution in [1.29, 1.82) is 5.26 Å². The molecule has 152 valence electrons. The topological polar surface area (TPSA) is 107 Å². The van der Waals surface area contributed by atoms with Gasteiger partial charge in [0.25, 0.3) is 0 Å². The maximum atomic E-state index is 15.2. The van der Waals surface area contributed by atoms with E-state index in [1.54, 1.807) is 0 Å². The average Bonchev–Trinajstić information content (AvgIpc) is 2.73. The minimum absolute atomic E-state index is 0.0717. The summed E-state index contributed by atoms with van der Waals surface area (Å²) in [4.78, 5) is 30.3. The van der Waals surface area contributed by atoms with E-state index in [-0.39, 0.29) is 21.8 Å². The highest BCUT2D eigenvalue weighted by Gasteiger charge is 2.20. The lowest BCUT2D eigenvalue weighted by Crippen LogP contribution is -2.08. The second kappa shape index (κ2) is 7.63. The fourth-order valence-corrected chi connectivity index (χ4v) is 3.48. The minimum Gasteiger partial charge on any atom is -0.477 e. The molecule has 0 radical (unpaired) electrons. The Bertz CT molecular complexity index is 1490. The number of benzene rings is 2. The number of carboxylic acids is 1. The lowest BCUT2D eigenvalue weighted by molar-refractivity contribution is 0.0690. The molecule has 0 aliphatic carbocycles. The molecular weight excluding hydrogens is 428 g/mol. The molecule has 0 bridgehead atoms. The molecule has 4 rings (SSSR count). The van der Waals surface area contributed by atoms with Crippen LogP contribution in [0.5, 0.6) is 0 Å². The molecule has 2 aromatic heterocycles. The number of fused-ring (bicyclic) bond motifs is 1. The highest BCUT2D eigenvalue weighted by atomic mass is 35.5. The van der Waals surface area contributed by atoms with E-state index in [0.29, 0.717) is 11.1 Å². The van der Waals surface area contributed by atoms with Crippen LogP contribution in [0.3, 0.4) is 0 Å². The first kappa shape index (κ1) is 20.2. The van der Waals surface area contributed by atoms with E-state index in [0.717, 1.165) is 24.4 Å². The van der Waals surface area contributed by atoms with Crippen molar-refractivity contribution < 1.29 is 18.7 Å². The quantitative estimate of drug-likeness (QED) is 0.480. The number of aromatic amines is 1. The van der Waals surface area contributed by atoms with Crippen LogP contribution in [-0.2, 0) is 0 Å². The Morgan fingerprint density at radius 1 is 1.16 bits per heavy atom. The number of carboxylic acid groups (broad SMARTS) is 1. The van der Waals surface area contributed by atoms with Crippen LogP contribution in [0.1, 0.15) is 16.1 Å². The molecule has 0 fully saturated rings. The van der Waals surface area contributed by atoms with Crippen LogP contribution in [0, 0.1) is 23.0 Å². The molecule has 2 aromatic carbocycles. The Kier molecular flexibility index (Phi) is 4.97. The largest absolute Gasteiger partial charge is 0.477 e. The number of nitrogens with zero attached hydrogens (tertiary/aromatic N) is 2. The number of aromatic nitrogens is 2. The van der Waals surface area contributed by atoms with Gasteiger partial charge < -0.3 is 10.1 Å². The fraction of sp³-hybridized carbons (Fsp3) is 0. The van der Waals surface area contributed by atoms with Gasteiger partial charge in [0.15, 0.2) is 5.43 Å². The van der Waals surface area contributed by atoms with E-state index in [1.165, 1.54) is 24.3 Å². The molecule has 0 amide bonds. The number of hydrogen-bond donors (Lipinski definition) is 2. The van der Waals surface area contributed by atoms with Gasteiger partial charge in [-0.1, -0.05) is 11.6 Å². The second-order valence-corrected chi connectivity index (χ2v) is 6.97. The smallest absolute Gasteiger partial charge is 0.354 e. The summed E-state index contributed by atoms with van der Waals surface area (Å²) in [5.41, 5.74) is -1.07. The summed E-state index contributed by atoms with van der Waals surface area (Å²) < 4.78 is 30.1. The first-order valence-corrected chi connectivity index (χ1v) is 9.12. The third kappa shape index (κ3) is 3.52. The number of pyridine rings is 2. The van der Waals surface area contributed by atoms with Crippen LogP contribution in [0.2, 0.25) is 5.02 Å². The van der Waals surface area contributed by atoms with Crippen molar-refractivity contribution in [3.05, 3.63) is 86.8 Å². The van der Waals surface area contributed by atoms with Gasteiger partial charge in [-0.05, 0) is 42.0 Å². The Hall–Kier alpha value is -4.09. The molecular formula is C22H10ClF2N3O3. The second-order valence-electron chi connectivity index (χ2n) is 6.56. The van der Waals surface area contributed by atoms with E-state index in [1.807, 2.05) is 6.07 Å². The average molecular weight is 438 g/mol. The monoisotopic (exact) mass is 437 g/mol. The van der Waals surface area contributed by atoms with Gasteiger partial charge >= 0.3 is 5.97 Å². The van der Waals surface area contributed by atoms with E-state index >= 15 is 4.39 Å². The predicted molar refractivity (Wildman–Crippen MR) is 110 cm³/mol. The molecule has 0 saturated carbocycles. The zero-order chi connectivity index (χ0) is 22.3. The summed E-state index contributed by atoms with van der Waals surface area (Å²) in [6.45, 7) is 0. The number of H-pyrrole nitrogens is 1. The molecule has 2 heterocycles. The fourth-order valence-electron chi connectivity index (χ4n) is 3.26. The summed E-state index contributed by atoms with van der Waals surface area (Å²) in [6.07, 6.45) is 1.11. The number of nitriles is 1. The van der Waals surface area contributed by atoms with Gasteiger partial charge in [0.2, 0.25) is 0 Å². The van der Waals surface area contributed by atoms with E-state index in [4.69, 9.17) is 22.0 Å². The minimum atomic E-state index is -1.36. The van der Waals surface area contributed by atoms with Crippen molar-refractivity contribution in [2.45, 2.75) is 0 Å². The summed E-state index contributed by atoms with van der Waals surface area (Å²) >= 11 is 6.17. The zero-order valence-electron chi connectivity index (χ0n) is 15.4. The molecule has 6 nitrogen and oxygen atoms in total. The lowest BCUT2D eigenvalue weighted by Gasteiger charge is -2.11. The van der Waals surface area contributed by atoms with Gasteiger partial charge in [-0.2, -0.15) is 5.26 Å². The van der Waals surface area contributed by atoms with E-state index in [9.17, 15) is 14.0 Å². The number of rotatable bonds is 3. The lowest BCUT2D eigenvalue weighted by atomic mass is 10.00. The number of aromatic carboxylic acids is 1. The van der Waals surface area contributed by atoms with Crippen molar-refractivity contribution in [3.8, 4) is 28.5 Å². The van der Waals surface area contributed by atoms with Crippen LogP contribution in [0.15, 0.2) is 53.5 Å². The molecule has 2 N–H and O–H groups in total. The highest BCUT2D eigenvalue weighted by molar-refractivity contribution is 6.33. The molecule has 0 atom stereocenters. The van der Waals surface area contributed by atoms with Crippen LogP contribution >= 0.6 is 11.6 Å². The Morgan fingerprint density at radius 3 is 2.65 bits per heavy atom. The van der Waals surface area contributed by atoms with Gasteiger partial charge in [-0.25, -0.2) is 18.6 Å². The number of carbonyl (C=O) groups is 1. The molecule has 0 aliphatic rings. The van der Waals surface area contributed by atoms with Gasteiger partial charge in [0.05, 0.1) is 33.8 Å². The number of halogens is 3. The van der Waals surface area contributed by atoms with E-state index in [2.05, 4.69) is 9.97 Å². The number of nitrogens with one attached hydrogen (secondary N) is 1. The standard InChI is InChI=1S/C22H10ClF2N3O3/c23-13-2-1-10(9-26)5-12(13)15-8-18(29)20-16(28-15)7-14(24)19(21(20)25)11-3-4-27-17(6-11)22(30)31/h1-8H,(H,28,29)(H,30,31). The van der Waals surface area contributed by atoms with Gasteiger partial charge in [-0.15, -0.1) is 0 Å². The van der Waals surface area contributed by atoms with E-state index < -0.39 is 39.7 Å². The maximum absolute atomic E-state index is 15.2. The maximum Gasteiger partial charge on any atom is 0.354 e. The normalized spacial score (nSPS) is 10.8. The molecule has 31 heavy (non-hydrogen) atoms. The molecule has 4 aromatic rings. The van der Waals surface area contributed by atoms with Crippen molar-refractivity contribution in [3.63, 3.8) is 0 Å². The SMILES string of the molecule is N#Cc1ccc(Cl)c(-c2cc(=O)c3c(F)c(-c4ccnc(C(=O)O)c4)c(F)cc3[nH]2)c1. The molecule has 0 spiro atoms. The summed E-state index contributed by atoms with van der Waals surface area (Å²) in [5, 5.41) is 18.0. The Morgan fingerprint density at radius 2 is 1.94 bits per heavy atom. The van der Waals surface area contributed by atoms with Crippen LogP contribution < -0.4 is 5.43 Å². The van der Waals surface area contributed by atoms with Crippen molar-refractivity contribution in [2.75, 3.05) is 0 Å². The summed E-state index contributed by atoms with van der Waals surface area (Å²) in [6, 6.07) is 10.7. The number of hydrogen-bond acceptors (Lipinski definition) is 4.